The molecule has 0 radical (unpaired) electrons. The number of hydrogen-bond acceptors (Lipinski definition) is 4. The summed E-state index contributed by atoms with van der Waals surface area (Å²) >= 11 is 0. The largest absolute Gasteiger partial charge is 0.467 e. The first-order valence-electron chi connectivity index (χ1n) is 6.83. The smallest absolute Gasteiger partial charge is 0.328 e. The molecule has 0 aliphatic carbocycles. The van der Waals surface area contributed by atoms with Crippen molar-refractivity contribution in [3.05, 3.63) is 34.9 Å². The molecule has 21 heavy (non-hydrogen) atoms. The minimum atomic E-state index is -0.656. The Hall–Kier alpha value is -1.88. The Labute approximate surface area is 125 Å². The van der Waals surface area contributed by atoms with E-state index in [2.05, 4.69) is 0 Å². The van der Waals surface area contributed by atoms with Crippen molar-refractivity contribution in [2.45, 2.75) is 33.4 Å². The van der Waals surface area contributed by atoms with E-state index >= 15 is 0 Å². The highest BCUT2D eigenvalue weighted by Crippen LogP contribution is 2.18. The molecule has 0 aromatic heterocycles. The topological polar surface area (TPSA) is 55.8 Å². The summed E-state index contributed by atoms with van der Waals surface area (Å²) in [6.45, 7) is 5.93. The minimum absolute atomic E-state index is 0.0632. The van der Waals surface area contributed by atoms with E-state index in [1.165, 1.54) is 19.1 Å². The van der Waals surface area contributed by atoms with Crippen molar-refractivity contribution in [1.82, 2.24) is 4.90 Å². The number of carbonyl (C=O) groups excluding carboxylic acids is 2. The molecule has 1 amide bonds. The number of benzene rings is 1. The predicted octanol–water partition coefficient (Wildman–Crippen LogP) is 1.84. The molecule has 1 aromatic carbocycles. The molecule has 1 rings (SSSR count). The Bertz CT molecular complexity index is 493. The van der Waals surface area contributed by atoms with E-state index in [0.29, 0.717) is 6.54 Å². The van der Waals surface area contributed by atoms with Gasteiger partial charge in [0.1, 0.15) is 12.6 Å². The van der Waals surface area contributed by atoms with Crippen molar-refractivity contribution in [2.24, 2.45) is 0 Å². The molecule has 0 bridgehead atoms. The van der Waals surface area contributed by atoms with Gasteiger partial charge in [0.2, 0.25) is 5.91 Å². The number of esters is 1. The van der Waals surface area contributed by atoms with Gasteiger partial charge in [0.05, 0.1) is 7.11 Å². The van der Waals surface area contributed by atoms with Crippen LogP contribution in [0, 0.1) is 13.8 Å². The zero-order valence-corrected chi connectivity index (χ0v) is 13.3. The summed E-state index contributed by atoms with van der Waals surface area (Å²) in [5, 5.41) is 0. The fraction of sp³-hybridized carbons (Fsp3) is 0.500. The molecule has 1 unspecified atom stereocenters. The van der Waals surface area contributed by atoms with E-state index in [4.69, 9.17) is 9.47 Å². The Morgan fingerprint density at radius 2 is 1.76 bits per heavy atom. The van der Waals surface area contributed by atoms with Crippen LogP contribution >= 0.6 is 0 Å². The molecule has 5 nitrogen and oxygen atoms in total. The summed E-state index contributed by atoms with van der Waals surface area (Å²) in [5.41, 5.74) is 3.21. The average molecular weight is 293 g/mol. The Morgan fingerprint density at radius 3 is 2.24 bits per heavy atom. The Morgan fingerprint density at radius 1 is 1.19 bits per heavy atom. The molecule has 0 saturated heterocycles. The van der Waals surface area contributed by atoms with Crippen LogP contribution in [0.5, 0.6) is 0 Å². The van der Waals surface area contributed by atoms with Gasteiger partial charge in [-0.25, -0.2) is 4.79 Å². The number of aryl methyl sites for hydroxylation is 2. The maximum Gasteiger partial charge on any atom is 0.328 e. The third-order valence-electron chi connectivity index (χ3n) is 3.57. The van der Waals surface area contributed by atoms with Crippen LogP contribution in [0.3, 0.4) is 0 Å². The molecule has 0 saturated carbocycles. The number of amides is 1. The molecule has 0 aliphatic heterocycles. The summed E-state index contributed by atoms with van der Waals surface area (Å²) in [4.78, 5) is 25.5. The number of methoxy groups -OCH3 is 2. The third kappa shape index (κ3) is 4.29. The maximum atomic E-state index is 12.2. The Kier molecular flexibility index (Phi) is 6.37. The van der Waals surface area contributed by atoms with Crippen molar-refractivity contribution in [2.75, 3.05) is 20.8 Å². The van der Waals surface area contributed by atoms with Crippen LogP contribution < -0.4 is 0 Å². The van der Waals surface area contributed by atoms with Crippen molar-refractivity contribution in [3.8, 4) is 0 Å². The second-order valence-corrected chi connectivity index (χ2v) is 5.02. The van der Waals surface area contributed by atoms with Gasteiger partial charge < -0.3 is 14.4 Å². The summed E-state index contributed by atoms with van der Waals surface area (Å²) in [7, 11) is 2.77. The first-order chi connectivity index (χ1) is 9.92. The molecular formula is C16H23NO4. The van der Waals surface area contributed by atoms with Gasteiger partial charge in [-0.2, -0.15) is 0 Å². The van der Waals surface area contributed by atoms with Crippen molar-refractivity contribution in [3.63, 3.8) is 0 Å². The van der Waals surface area contributed by atoms with Crippen molar-refractivity contribution in [1.29, 1.82) is 0 Å². The number of ether oxygens (including phenoxy) is 2. The zero-order valence-electron chi connectivity index (χ0n) is 13.3. The van der Waals surface area contributed by atoms with Crippen molar-refractivity contribution >= 4 is 11.9 Å². The van der Waals surface area contributed by atoms with Crippen LogP contribution in [0.1, 0.15) is 23.6 Å². The molecule has 0 aliphatic rings. The van der Waals surface area contributed by atoms with Gasteiger partial charge in [0.25, 0.3) is 0 Å². The lowest BCUT2D eigenvalue weighted by atomic mass is 10.0. The van der Waals surface area contributed by atoms with E-state index in [1.54, 1.807) is 6.92 Å². The highest BCUT2D eigenvalue weighted by molar-refractivity contribution is 5.85. The highest BCUT2D eigenvalue weighted by atomic mass is 16.5. The summed E-state index contributed by atoms with van der Waals surface area (Å²) in [6, 6.07) is 5.30. The van der Waals surface area contributed by atoms with Crippen LogP contribution in [0.15, 0.2) is 18.2 Å². The fourth-order valence-electron chi connectivity index (χ4n) is 2.21. The van der Waals surface area contributed by atoms with Crippen LogP contribution in [0.25, 0.3) is 0 Å². The lowest BCUT2D eigenvalue weighted by molar-refractivity contribution is -0.154. The normalized spacial score (nSPS) is 11.9. The predicted molar refractivity (Wildman–Crippen MR) is 79.8 cm³/mol. The van der Waals surface area contributed by atoms with Gasteiger partial charge >= 0.3 is 5.97 Å². The average Bonchev–Trinajstić information content (AvgIpc) is 2.45. The van der Waals surface area contributed by atoms with E-state index in [-0.39, 0.29) is 12.5 Å². The van der Waals surface area contributed by atoms with E-state index in [0.717, 1.165) is 16.7 Å². The molecule has 0 fully saturated rings. The lowest BCUT2D eigenvalue weighted by Gasteiger charge is -2.28. The minimum Gasteiger partial charge on any atom is -0.467 e. The van der Waals surface area contributed by atoms with E-state index < -0.39 is 12.0 Å². The lowest BCUT2D eigenvalue weighted by Crippen LogP contribution is -2.45. The monoisotopic (exact) mass is 293 g/mol. The standard InChI is InChI=1S/C16H23NO4/c1-11-7-6-8-12(2)14(11)9-17(15(18)10-20-4)13(3)16(19)21-5/h6-8,13H,9-10H2,1-5H3. The number of hydrogen-bond donors (Lipinski definition) is 0. The number of carbonyl (C=O) groups is 2. The molecule has 0 heterocycles. The molecule has 1 aromatic rings. The van der Waals surface area contributed by atoms with Gasteiger partial charge in [-0.1, -0.05) is 18.2 Å². The Balaban J connectivity index is 3.07. The highest BCUT2D eigenvalue weighted by Gasteiger charge is 2.27. The number of rotatable bonds is 6. The molecule has 0 spiro atoms. The van der Waals surface area contributed by atoms with E-state index in [9.17, 15) is 9.59 Å². The molecular weight excluding hydrogens is 270 g/mol. The molecule has 116 valence electrons. The van der Waals surface area contributed by atoms with Gasteiger partial charge in [0.15, 0.2) is 0 Å². The quantitative estimate of drug-likeness (QED) is 0.751. The first-order valence-corrected chi connectivity index (χ1v) is 6.83. The molecule has 0 N–H and O–H groups in total. The molecule has 5 heteroatoms. The summed E-state index contributed by atoms with van der Waals surface area (Å²) < 4.78 is 9.65. The van der Waals surface area contributed by atoms with Crippen molar-refractivity contribution < 1.29 is 19.1 Å². The summed E-state index contributed by atoms with van der Waals surface area (Å²) in [6.07, 6.45) is 0. The van der Waals surface area contributed by atoms with Crippen LogP contribution in [-0.2, 0) is 25.6 Å². The van der Waals surface area contributed by atoms with Gasteiger partial charge in [-0.15, -0.1) is 0 Å². The van der Waals surface area contributed by atoms with Crippen LogP contribution in [0.2, 0.25) is 0 Å². The second kappa shape index (κ2) is 7.78. The van der Waals surface area contributed by atoms with Gasteiger partial charge in [-0.05, 0) is 37.5 Å². The zero-order chi connectivity index (χ0) is 16.0. The maximum absolute atomic E-state index is 12.2. The van der Waals surface area contributed by atoms with Gasteiger partial charge in [0, 0.05) is 13.7 Å². The molecule has 1 atom stereocenters. The van der Waals surface area contributed by atoms with E-state index in [1.807, 2.05) is 32.0 Å². The van der Waals surface area contributed by atoms with Crippen LogP contribution in [0.4, 0.5) is 0 Å². The first kappa shape index (κ1) is 17.2. The number of nitrogens with zero attached hydrogens (tertiary/aromatic N) is 1. The SMILES string of the molecule is COCC(=O)N(Cc1c(C)cccc1C)C(C)C(=O)OC. The van der Waals surface area contributed by atoms with Gasteiger partial charge in [-0.3, -0.25) is 4.79 Å². The fourth-order valence-corrected chi connectivity index (χ4v) is 2.21. The third-order valence-corrected chi connectivity index (χ3v) is 3.57. The second-order valence-electron chi connectivity index (χ2n) is 5.02. The van der Waals surface area contributed by atoms with Crippen LogP contribution in [-0.4, -0.2) is 43.6 Å². The summed E-state index contributed by atoms with van der Waals surface area (Å²) in [5.74, 6) is -0.677.